The summed E-state index contributed by atoms with van der Waals surface area (Å²) in [6.45, 7) is 7.78. The predicted molar refractivity (Wildman–Crippen MR) is 126 cm³/mol. The molecule has 1 fully saturated rings. The quantitative estimate of drug-likeness (QED) is 0.206. The summed E-state index contributed by atoms with van der Waals surface area (Å²) >= 11 is 0. The first-order valence-electron chi connectivity index (χ1n) is 11.6. The summed E-state index contributed by atoms with van der Waals surface area (Å²) in [5.41, 5.74) is 0.805. The average Bonchev–Trinajstić information content (AvgIpc) is 2.73. The minimum absolute atomic E-state index is 0.00625. The monoisotopic (exact) mass is 465 g/mol. The normalized spacial score (nSPS) is 16.1. The number of methoxy groups -OCH3 is 1. The molecular formula is C24H39N3O6. The van der Waals surface area contributed by atoms with Gasteiger partial charge in [0.25, 0.3) is 5.91 Å². The fourth-order valence-corrected chi connectivity index (χ4v) is 3.29. The average molecular weight is 466 g/mol. The Morgan fingerprint density at radius 3 is 2.24 bits per heavy atom. The molecular weight excluding hydrogens is 426 g/mol. The van der Waals surface area contributed by atoms with E-state index in [0.29, 0.717) is 6.42 Å². The van der Waals surface area contributed by atoms with E-state index in [-0.39, 0.29) is 31.6 Å². The van der Waals surface area contributed by atoms with Gasteiger partial charge >= 0.3 is 6.09 Å². The zero-order chi connectivity index (χ0) is 24.8. The summed E-state index contributed by atoms with van der Waals surface area (Å²) in [4.78, 5) is 50.6. The third kappa shape index (κ3) is 10.7. The lowest BCUT2D eigenvalue weighted by atomic mass is 9.92. The summed E-state index contributed by atoms with van der Waals surface area (Å²) in [5, 5.41) is 7.98. The van der Waals surface area contributed by atoms with Gasteiger partial charge in [-0.15, -0.1) is 0 Å². The summed E-state index contributed by atoms with van der Waals surface area (Å²) in [5.74, 6) is -1.86. The highest BCUT2D eigenvalue weighted by Gasteiger charge is 2.32. The van der Waals surface area contributed by atoms with Gasteiger partial charge in [0.1, 0.15) is 18.7 Å². The van der Waals surface area contributed by atoms with Gasteiger partial charge in [0.15, 0.2) is 0 Å². The number of rotatable bonds is 14. The minimum Gasteiger partial charge on any atom is -0.447 e. The number of ketones is 1. The second-order valence-corrected chi connectivity index (χ2v) is 8.55. The molecule has 9 nitrogen and oxygen atoms in total. The number of carbonyl (C=O) groups is 4. The van der Waals surface area contributed by atoms with Crippen molar-refractivity contribution < 1.29 is 28.7 Å². The van der Waals surface area contributed by atoms with Crippen molar-refractivity contribution in [3.63, 3.8) is 0 Å². The highest BCUT2D eigenvalue weighted by molar-refractivity contribution is 6.38. The predicted octanol–water partition coefficient (Wildman–Crippen LogP) is 2.41. The van der Waals surface area contributed by atoms with Crippen LogP contribution in [0.1, 0.15) is 59.8 Å². The number of hydrogen-bond donors (Lipinski definition) is 3. The van der Waals surface area contributed by atoms with E-state index in [4.69, 9.17) is 9.47 Å². The van der Waals surface area contributed by atoms with Crippen LogP contribution in [0.5, 0.6) is 0 Å². The summed E-state index contributed by atoms with van der Waals surface area (Å²) in [7, 11) is 1.49. The van der Waals surface area contributed by atoms with E-state index in [1.165, 1.54) is 7.11 Å². The van der Waals surface area contributed by atoms with Crippen molar-refractivity contribution in [2.45, 2.75) is 77.9 Å². The second-order valence-electron chi connectivity index (χ2n) is 8.55. The standard InChI is InChI=1S/C24H39N3O6/c1-6-9-17(7-2)15-19(21(28)23(30)25-18-10-8-11-18)26-22(29)20(14-16(3)4)27-24(31)33-13-12-32-5/h6-7,9,16,18-20H,8,10-15H2,1-5H3,(H,25,30)(H,26,29)(H,27,31)/b9-6-,17-7+/t19-,20-/m0/s1. The fourth-order valence-electron chi connectivity index (χ4n) is 3.29. The Morgan fingerprint density at radius 2 is 1.73 bits per heavy atom. The molecule has 0 saturated heterocycles. The van der Waals surface area contributed by atoms with Gasteiger partial charge in [-0.1, -0.05) is 37.6 Å². The molecule has 33 heavy (non-hydrogen) atoms. The number of hydrogen-bond acceptors (Lipinski definition) is 6. The minimum atomic E-state index is -1.05. The van der Waals surface area contributed by atoms with Gasteiger partial charge in [-0.05, 0) is 51.9 Å². The number of carbonyl (C=O) groups excluding carboxylic acids is 4. The molecule has 0 radical (unpaired) electrons. The number of allylic oxidation sites excluding steroid dienone is 3. The molecule has 0 heterocycles. The number of ether oxygens (including phenoxy) is 2. The van der Waals surface area contributed by atoms with Crippen LogP contribution in [0.15, 0.2) is 23.8 Å². The molecule has 186 valence electrons. The Balaban J connectivity index is 2.95. The van der Waals surface area contributed by atoms with Gasteiger partial charge in [0.2, 0.25) is 11.7 Å². The first-order valence-corrected chi connectivity index (χ1v) is 11.6. The number of nitrogens with one attached hydrogen (secondary N) is 3. The second kappa shape index (κ2) is 15.2. The maximum atomic E-state index is 13.1. The van der Waals surface area contributed by atoms with Crippen LogP contribution in [0.25, 0.3) is 0 Å². The van der Waals surface area contributed by atoms with Crippen molar-refractivity contribution in [1.82, 2.24) is 16.0 Å². The molecule has 3 N–H and O–H groups in total. The molecule has 0 aromatic carbocycles. The Bertz CT molecular complexity index is 728. The van der Waals surface area contributed by atoms with Gasteiger partial charge in [-0.25, -0.2) is 4.79 Å². The molecule has 0 bridgehead atoms. The van der Waals surface area contributed by atoms with Crippen molar-refractivity contribution in [3.05, 3.63) is 23.8 Å². The van der Waals surface area contributed by atoms with Crippen molar-refractivity contribution in [2.75, 3.05) is 20.3 Å². The topological polar surface area (TPSA) is 123 Å². The molecule has 1 saturated carbocycles. The number of Topliss-reactive ketones (excluding diaryl/α,β-unsaturated/α-hetero) is 1. The molecule has 9 heteroatoms. The van der Waals surface area contributed by atoms with Crippen LogP contribution < -0.4 is 16.0 Å². The van der Waals surface area contributed by atoms with Crippen molar-refractivity contribution in [2.24, 2.45) is 5.92 Å². The maximum absolute atomic E-state index is 13.1. The zero-order valence-corrected chi connectivity index (χ0v) is 20.4. The lowest BCUT2D eigenvalue weighted by molar-refractivity contribution is -0.141. The van der Waals surface area contributed by atoms with E-state index in [0.717, 1.165) is 24.8 Å². The molecule has 0 aromatic heterocycles. The van der Waals surface area contributed by atoms with Gasteiger partial charge < -0.3 is 25.4 Å². The molecule has 0 aliphatic heterocycles. The van der Waals surface area contributed by atoms with E-state index in [1.54, 1.807) is 0 Å². The largest absolute Gasteiger partial charge is 0.447 e. The van der Waals surface area contributed by atoms with Gasteiger partial charge in [0, 0.05) is 13.2 Å². The van der Waals surface area contributed by atoms with Crippen molar-refractivity contribution in [3.8, 4) is 0 Å². The molecule has 1 aliphatic carbocycles. The highest BCUT2D eigenvalue weighted by Crippen LogP contribution is 2.18. The first kappa shape index (κ1) is 28.4. The van der Waals surface area contributed by atoms with Crippen LogP contribution in [0, 0.1) is 5.92 Å². The van der Waals surface area contributed by atoms with Crippen LogP contribution in [-0.4, -0.2) is 62.1 Å². The molecule has 2 atom stereocenters. The van der Waals surface area contributed by atoms with E-state index < -0.39 is 35.8 Å². The van der Waals surface area contributed by atoms with E-state index >= 15 is 0 Å². The van der Waals surface area contributed by atoms with Crippen molar-refractivity contribution >= 4 is 23.7 Å². The number of alkyl carbamates (subject to hydrolysis) is 1. The lowest BCUT2D eigenvalue weighted by Crippen LogP contribution is -2.55. The van der Waals surface area contributed by atoms with Gasteiger partial charge in [0.05, 0.1) is 6.61 Å². The lowest BCUT2D eigenvalue weighted by Gasteiger charge is -2.27. The molecule has 0 spiro atoms. The smallest absolute Gasteiger partial charge is 0.407 e. The van der Waals surface area contributed by atoms with E-state index in [2.05, 4.69) is 16.0 Å². The van der Waals surface area contributed by atoms with Crippen LogP contribution in [-0.2, 0) is 23.9 Å². The van der Waals surface area contributed by atoms with Crippen LogP contribution in [0.3, 0.4) is 0 Å². The maximum Gasteiger partial charge on any atom is 0.407 e. The zero-order valence-electron chi connectivity index (χ0n) is 20.4. The van der Waals surface area contributed by atoms with Crippen LogP contribution in [0.4, 0.5) is 4.79 Å². The van der Waals surface area contributed by atoms with Crippen molar-refractivity contribution in [1.29, 1.82) is 0 Å². The SMILES string of the molecule is C/C=C\C(=C/C)C[C@H](NC(=O)[C@H](CC(C)C)NC(=O)OCCOC)C(=O)C(=O)NC1CCC1. The molecule has 0 unspecified atom stereocenters. The Morgan fingerprint density at radius 1 is 1.03 bits per heavy atom. The van der Waals surface area contributed by atoms with E-state index in [1.807, 2.05) is 45.9 Å². The summed E-state index contributed by atoms with van der Waals surface area (Å²) in [6, 6.07) is -1.96. The van der Waals surface area contributed by atoms with Gasteiger partial charge in [-0.3, -0.25) is 14.4 Å². The number of amides is 3. The molecule has 1 rings (SSSR count). The fraction of sp³-hybridized carbons (Fsp3) is 0.667. The van der Waals surface area contributed by atoms with Gasteiger partial charge in [-0.2, -0.15) is 0 Å². The first-order chi connectivity index (χ1) is 15.7. The molecule has 3 amide bonds. The highest BCUT2D eigenvalue weighted by atomic mass is 16.6. The Kier molecular flexibility index (Phi) is 13.1. The molecule has 1 aliphatic rings. The van der Waals surface area contributed by atoms with E-state index in [9.17, 15) is 19.2 Å². The Labute approximate surface area is 196 Å². The van der Waals surface area contributed by atoms with Crippen LogP contribution in [0.2, 0.25) is 0 Å². The summed E-state index contributed by atoms with van der Waals surface area (Å²) in [6.07, 6.45) is 7.95. The molecule has 0 aromatic rings. The Hall–Kier alpha value is -2.68. The third-order valence-electron chi connectivity index (χ3n) is 5.32. The van der Waals surface area contributed by atoms with Crippen LogP contribution >= 0.6 is 0 Å². The summed E-state index contributed by atoms with van der Waals surface area (Å²) < 4.78 is 9.85. The third-order valence-corrected chi connectivity index (χ3v) is 5.32.